The zero-order chi connectivity index (χ0) is 15.9. The molecule has 1 aromatic carbocycles. The number of rotatable bonds is 5. The molecule has 2 rings (SSSR count). The Morgan fingerprint density at radius 3 is 2.82 bits per heavy atom. The van der Waals surface area contributed by atoms with Crippen LogP contribution in [0, 0.1) is 13.8 Å². The van der Waals surface area contributed by atoms with Gasteiger partial charge in [-0.2, -0.15) is 0 Å². The number of carbonyl (C=O) groups excluding carboxylic acids is 2. The van der Waals surface area contributed by atoms with Gasteiger partial charge in [0.15, 0.2) is 6.61 Å². The van der Waals surface area contributed by atoms with Crippen LogP contribution >= 0.6 is 0 Å². The molecule has 1 aromatic heterocycles. The minimum atomic E-state index is -0.604. The third-order valence-corrected chi connectivity index (χ3v) is 2.94. The molecule has 2 aromatic rings. The largest absolute Gasteiger partial charge is 0.465 e. The van der Waals surface area contributed by atoms with Gasteiger partial charge in [0.25, 0.3) is 5.91 Å². The molecule has 0 radical (unpaired) electrons. The minimum absolute atomic E-state index is 0.339. The minimum Gasteiger partial charge on any atom is -0.465 e. The lowest BCUT2D eigenvalue weighted by atomic mass is 10.1. The van der Waals surface area contributed by atoms with E-state index < -0.39 is 5.97 Å². The molecule has 0 unspecified atom stereocenters. The molecule has 22 heavy (non-hydrogen) atoms. The fourth-order valence-electron chi connectivity index (χ4n) is 1.78. The Bertz CT molecular complexity index is 687. The second kappa shape index (κ2) is 7.26. The Labute approximate surface area is 128 Å². The number of nitrogens with one attached hydrogen (secondary N) is 1. The lowest BCUT2D eigenvalue weighted by Gasteiger charge is -2.09. The van der Waals surface area contributed by atoms with E-state index in [-0.39, 0.29) is 12.5 Å². The van der Waals surface area contributed by atoms with Crippen LogP contribution in [-0.2, 0) is 14.3 Å². The average Bonchev–Trinajstić information content (AvgIpc) is 3.00. The summed E-state index contributed by atoms with van der Waals surface area (Å²) in [5, 5.41) is 2.72. The Kier molecular flexibility index (Phi) is 5.14. The topological polar surface area (TPSA) is 68.5 Å². The summed E-state index contributed by atoms with van der Waals surface area (Å²) in [5.41, 5.74) is 2.70. The fourth-order valence-corrected chi connectivity index (χ4v) is 1.78. The highest BCUT2D eigenvalue weighted by atomic mass is 16.5. The van der Waals surface area contributed by atoms with Gasteiger partial charge in [0, 0.05) is 11.8 Å². The van der Waals surface area contributed by atoms with E-state index in [0.29, 0.717) is 11.4 Å². The molecule has 0 aliphatic heterocycles. The molecule has 0 bridgehead atoms. The highest BCUT2D eigenvalue weighted by Gasteiger charge is 2.07. The number of benzene rings is 1. The number of carbonyl (C=O) groups is 2. The zero-order valence-corrected chi connectivity index (χ0v) is 12.5. The number of anilines is 1. The molecule has 0 saturated carbocycles. The maximum Gasteiger partial charge on any atom is 0.331 e. The Morgan fingerprint density at radius 2 is 2.09 bits per heavy atom. The summed E-state index contributed by atoms with van der Waals surface area (Å²) in [6.07, 6.45) is 4.19. The average molecular weight is 299 g/mol. The maximum absolute atomic E-state index is 11.8. The van der Waals surface area contributed by atoms with Gasteiger partial charge in [-0.05, 0) is 49.2 Å². The summed E-state index contributed by atoms with van der Waals surface area (Å²) in [4.78, 5) is 23.3. The van der Waals surface area contributed by atoms with Gasteiger partial charge in [0.05, 0.1) is 6.26 Å². The molecule has 0 aliphatic rings. The summed E-state index contributed by atoms with van der Waals surface area (Å²) in [6.45, 7) is 3.50. The van der Waals surface area contributed by atoms with Gasteiger partial charge in [-0.15, -0.1) is 0 Å². The van der Waals surface area contributed by atoms with E-state index in [1.54, 1.807) is 12.1 Å². The van der Waals surface area contributed by atoms with Crippen LogP contribution in [0.25, 0.3) is 6.08 Å². The quantitative estimate of drug-likeness (QED) is 0.680. The Hall–Kier alpha value is -2.82. The van der Waals surface area contributed by atoms with Crippen molar-refractivity contribution in [2.24, 2.45) is 0 Å². The SMILES string of the molecule is Cc1ccc(C)c(NC(=O)COC(=O)/C=C/c2ccco2)c1. The molecule has 0 aliphatic carbocycles. The monoisotopic (exact) mass is 299 g/mol. The molecule has 0 fully saturated rings. The van der Waals surface area contributed by atoms with Crippen LogP contribution in [0.1, 0.15) is 16.9 Å². The van der Waals surface area contributed by atoms with Crippen molar-refractivity contribution in [1.82, 2.24) is 0 Å². The van der Waals surface area contributed by atoms with Crippen molar-refractivity contribution >= 4 is 23.6 Å². The first kappa shape index (κ1) is 15.6. The Balaban J connectivity index is 1.82. The van der Waals surface area contributed by atoms with Crippen LogP contribution in [0.4, 0.5) is 5.69 Å². The van der Waals surface area contributed by atoms with Gasteiger partial charge in [0.2, 0.25) is 0 Å². The first-order chi connectivity index (χ1) is 10.5. The van der Waals surface area contributed by atoms with Crippen molar-refractivity contribution in [3.05, 3.63) is 59.6 Å². The highest BCUT2D eigenvalue weighted by Crippen LogP contribution is 2.16. The third-order valence-electron chi connectivity index (χ3n) is 2.94. The predicted octanol–water partition coefficient (Wildman–Crippen LogP) is 3.09. The van der Waals surface area contributed by atoms with Crippen LogP contribution in [0.2, 0.25) is 0 Å². The lowest BCUT2D eigenvalue weighted by molar-refractivity contribution is -0.142. The van der Waals surface area contributed by atoms with E-state index in [4.69, 9.17) is 9.15 Å². The zero-order valence-electron chi connectivity index (χ0n) is 12.5. The Morgan fingerprint density at radius 1 is 1.27 bits per heavy atom. The predicted molar refractivity (Wildman–Crippen MR) is 83.2 cm³/mol. The maximum atomic E-state index is 11.8. The van der Waals surface area contributed by atoms with Crippen molar-refractivity contribution in [1.29, 1.82) is 0 Å². The van der Waals surface area contributed by atoms with E-state index in [1.165, 1.54) is 18.4 Å². The van der Waals surface area contributed by atoms with Gasteiger partial charge in [-0.3, -0.25) is 4.79 Å². The molecule has 0 atom stereocenters. The van der Waals surface area contributed by atoms with Gasteiger partial charge < -0.3 is 14.5 Å². The van der Waals surface area contributed by atoms with Crippen molar-refractivity contribution in [3.63, 3.8) is 0 Å². The number of aryl methyl sites for hydroxylation is 2. The highest BCUT2D eigenvalue weighted by molar-refractivity contribution is 5.95. The number of amides is 1. The number of ether oxygens (including phenoxy) is 1. The molecule has 1 N–H and O–H groups in total. The summed E-state index contributed by atoms with van der Waals surface area (Å²) in [7, 11) is 0. The van der Waals surface area contributed by atoms with E-state index in [1.807, 2.05) is 32.0 Å². The molecule has 0 spiro atoms. The van der Waals surface area contributed by atoms with Crippen LogP contribution in [0.15, 0.2) is 47.1 Å². The molecule has 1 amide bonds. The van der Waals surface area contributed by atoms with E-state index >= 15 is 0 Å². The molecule has 114 valence electrons. The number of esters is 1. The summed E-state index contributed by atoms with van der Waals surface area (Å²) >= 11 is 0. The van der Waals surface area contributed by atoms with Crippen LogP contribution < -0.4 is 5.32 Å². The van der Waals surface area contributed by atoms with Crippen LogP contribution in [0.3, 0.4) is 0 Å². The van der Waals surface area contributed by atoms with Gasteiger partial charge in [0.1, 0.15) is 5.76 Å². The second-order valence-electron chi connectivity index (χ2n) is 4.82. The third kappa shape index (κ3) is 4.63. The number of furan rings is 1. The van der Waals surface area contributed by atoms with Crippen LogP contribution in [0.5, 0.6) is 0 Å². The molecule has 5 heteroatoms. The first-order valence-electron chi connectivity index (χ1n) is 6.80. The molecule has 5 nitrogen and oxygen atoms in total. The summed E-state index contributed by atoms with van der Waals surface area (Å²) < 4.78 is 9.90. The van der Waals surface area contributed by atoms with Gasteiger partial charge in [-0.1, -0.05) is 12.1 Å². The van der Waals surface area contributed by atoms with Crippen molar-refractivity contribution in [2.75, 3.05) is 11.9 Å². The van der Waals surface area contributed by atoms with Crippen molar-refractivity contribution in [2.45, 2.75) is 13.8 Å². The van der Waals surface area contributed by atoms with Crippen molar-refractivity contribution in [3.8, 4) is 0 Å². The number of hydrogen-bond donors (Lipinski definition) is 1. The lowest BCUT2D eigenvalue weighted by Crippen LogP contribution is -2.20. The summed E-state index contributed by atoms with van der Waals surface area (Å²) in [6, 6.07) is 9.17. The normalized spacial score (nSPS) is 10.6. The van der Waals surface area contributed by atoms with E-state index in [9.17, 15) is 9.59 Å². The smallest absolute Gasteiger partial charge is 0.331 e. The molecule has 1 heterocycles. The number of hydrogen-bond acceptors (Lipinski definition) is 4. The van der Waals surface area contributed by atoms with Gasteiger partial charge >= 0.3 is 5.97 Å². The van der Waals surface area contributed by atoms with Gasteiger partial charge in [-0.25, -0.2) is 4.79 Å². The van der Waals surface area contributed by atoms with E-state index in [0.717, 1.165) is 11.1 Å². The first-order valence-corrected chi connectivity index (χ1v) is 6.80. The van der Waals surface area contributed by atoms with Crippen molar-refractivity contribution < 1.29 is 18.7 Å². The summed E-state index contributed by atoms with van der Waals surface area (Å²) in [5.74, 6) is -0.447. The van der Waals surface area contributed by atoms with E-state index in [2.05, 4.69) is 5.32 Å². The molecular weight excluding hydrogens is 282 g/mol. The fraction of sp³-hybridized carbons (Fsp3) is 0.176. The standard InChI is InChI=1S/C17H17NO4/c1-12-5-6-13(2)15(10-12)18-16(19)11-22-17(20)8-7-14-4-3-9-21-14/h3-10H,11H2,1-2H3,(H,18,19)/b8-7+. The second-order valence-corrected chi connectivity index (χ2v) is 4.82. The molecule has 0 saturated heterocycles. The molecular formula is C17H17NO4. The van der Waals surface area contributed by atoms with Crippen LogP contribution in [-0.4, -0.2) is 18.5 Å².